The molecule has 1 aliphatic heterocycles. The Kier molecular flexibility index (Phi) is 5.21. The number of carboxylic acid groups (broad SMARTS) is 1. The average Bonchev–Trinajstić information content (AvgIpc) is 3.49. The van der Waals surface area contributed by atoms with Gasteiger partial charge in [-0.05, 0) is 25.0 Å². The Labute approximate surface area is 149 Å². The Morgan fingerprint density at radius 2 is 1.88 bits per heavy atom. The molecular formula is C17H22FN5O3. The number of nitrogens with one attached hydrogen (secondary N) is 1. The topological polar surface area (TPSA) is 127 Å². The number of rotatable bonds is 3. The molecule has 9 heteroatoms. The van der Waals surface area contributed by atoms with Gasteiger partial charge in [0.2, 0.25) is 5.43 Å². The van der Waals surface area contributed by atoms with Gasteiger partial charge in [-0.15, -0.1) is 0 Å². The fourth-order valence-corrected chi connectivity index (χ4v) is 3.31. The molecule has 2 aliphatic rings. The van der Waals surface area contributed by atoms with Crippen LogP contribution in [0.1, 0.15) is 29.2 Å². The number of fused-ring (bicyclic) bond motifs is 1. The van der Waals surface area contributed by atoms with E-state index in [0.29, 0.717) is 24.3 Å². The second kappa shape index (κ2) is 7.40. The maximum absolute atomic E-state index is 14.6. The number of carboxylic acids is 1. The van der Waals surface area contributed by atoms with Gasteiger partial charge in [0, 0.05) is 43.8 Å². The van der Waals surface area contributed by atoms with Crippen LogP contribution in [0, 0.1) is 5.82 Å². The highest BCUT2D eigenvalue weighted by Gasteiger charge is 2.28. The van der Waals surface area contributed by atoms with Crippen molar-refractivity contribution in [3.8, 4) is 0 Å². The largest absolute Gasteiger partial charge is 0.477 e. The molecule has 8 nitrogen and oxygen atoms in total. The predicted molar refractivity (Wildman–Crippen MR) is 96.9 cm³/mol. The number of nitrogens with two attached hydrogens (primary N) is 2. The van der Waals surface area contributed by atoms with E-state index < -0.39 is 17.2 Å². The van der Waals surface area contributed by atoms with Gasteiger partial charge in [0.1, 0.15) is 11.4 Å². The third kappa shape index (κ3) is 3.28. The number of aromatic nitrogens is 1. The quantitative estimate of drug-likeness (QED) is 0.459. The summed E-state index contributed by atoms with van der Waals surface area (Å²) in [6, 6.07) is 3.08. The lowest BCUT2D eigenvalue weighted by molar-refractivity contribution is 0.0695. The van der Waals surface area contributed by atoms with Gasteiger partial charge in [0.15, 0.2) is 0 Å². The molecule has 0 unspecified atom stereocenters. The van der Waals surface area contributed by atoms with E-state index in [2.05, 4.69) is 17.0 Å². The molecule has 1 aromatic heterocycles. The van der Waals surface area contributed by atoms with Crippen LogP contribution in [0.2, 0.25) is 0 Å². The fourth-order valence-electron chi connectivity index (χ4n) is 3.31. The maximum Gasteiger partial charge on any atom is 0.341 e. The van der Waals surface area contributed by atoms with E-state index in [0.717, 1.165) is 25.9 Å². The molecule has 0 atom stereocenters. The van der Waals surface area contributed by atoms with Crippen molar-refractivity contribution in [3.05, 3.63) is 39.9 Å². The van der Waals surface area contributed by atoms with Crippen LogP contribution in [-0.4, -0.2) is 41.8 Å². The Morgan fingerprint density at radius 1 is 1.23 bits per heavy atom. The van der Waals surface area contributed by atoms with Crippen molar-refractivity contribution < 1.29 is 14.3 Å². The van der Waals surface area contributed by atoms with E-state index in [-0.39, 0.29) is 17.0 Å². The minimum Gasteiger partial charge on any atom is -0.477 e. The van der Waals surface area contributed by atoms with E-state index >= 15 is 0 Å². The van der Waals surface area contributed by atoms with E-state index in [1.54, 1.807) is 6.07 Å². The summed E-state index contributed by atoms with van der Waals surface area (Å²) < 4.78 is 16.4. The highest BCUT2D eigenvalue weighted by Crippen LogP contribution is 2.38. The molecule has 4 rings (SSSR count). The van der Waals surface area contributed by atoms with Crippen LogP contribution in [0.3, 0.4) is 0 Å². The summed E-state index contributed by atoms with van der Waals surface area (Å²) in [5, 5.41) is 12.6. The van der Waals surface area contributed by atoms with E-state index in [9.17, 15) is 19.1 Å². The lowest BCUT2D eigenvalue weighted by Crippen LogP contribution is -2.43. The van der Waals surface area contributed by atoms with E-state index in [1.165, 1.54) is 12.3 Å². The van der Waals surface area contributed by atoms with Crippen LogP contribution in [0.25, 0.3) is 10.9 Å². The number of piperazine rings is 1. The number of pyridine rings is 1. The summed E-state index contributed by atoms with van der Waals surface area (Å²) in [6.07, 6.45) is 3.29. The van der Waals surface area contributed by atoms with Crippen LogP contribution in [0.15, 0.2) is 23.1 Å². The van der Waals surface area contributed by atoms with Crippen molar-refractivity contribution in [2.24, 2.45) is 11.7 Å². The zero-order valence-corrected chi connectivity index (χ0v) is 14.2. The molecule has 1 aromatic carbocycles. The van der Waals surface area contributed by atoms with Crippen LogP contribution in [0.5, 0.6) is 0 Å². The number of benzene rings is 1. The summed E-state index contributed by atoms with van der Waals surface area (Å²) in [4.78, 5) is 25.7. The van der Waals surface area contributed by atoms with Gasteiger partial charge in [-0.25, -0.2) is 9.18 Å². The van der Waals surface area contributed by atoms with Gasteiger partial charge in [-0.2, -0.15) is 0 Å². The van der Waals surface area contributed by atoms with Crippen molar-refractivity contribution in [2.75, 3.05) is 31.1 Å². The molecule has 140 valence electrons. The van der Waals surface area contributed by atoms with Crippen LogP contribution < -0.4 is 27.3 Å². The molecule has 2 heterocycles. The minimum absolute atomic E-state index is 0.137. The number of halogens is 1. The Balaban J connectivity index is 0.000000948. The molecule has 0 amide bonds. The van der Waals surface area contributed by atoms with E-state index in [4.69, 9.17) is 0 Å². The summed E-state index contributed by atoms with van der Waals surface area (Å²) >= 11 is 0. The summed E-state index contributed by atoms with van der Waals surface area (Å²) in [5.41, 5.74) is 0.159. The minimum atomic E-state index is -1.28. The number of hydrogen-bond acceptors (Lipinski definition) is 6. The molecular weight excluding hydrogens is 341 g/mol. The van der Waals surface area contributed by atoms with Crippen molar-refractivity contribution in [1.82, 2.24) is 9.88 Å². The molecule has 1 saturated heterocycles. The Hall–Kier alpha value is -2.49. The first-order valence-electron chi connectivity index (χ1n) is 8.47. The van der Waals surface area contributed by atoms with Crippen molar-refractivity contribution >= 4 is 22.6 Å². The number of nitrogens with zero attached hydrogens (tertiary/aromatic N) is 2. The molecule has 0 radical (unpaired) electrons. The van der Waals surface area contributed by atoms with E-state index in [1.807, 2.05) is 9.47 Å². The number of hydrazine groups is 1. The zero-order valence-electron chi connectivity index (χ0n) is 14.2. The first-order chi connectivity index (χ1) is 12.6. The Morgan fingerprint density at radius 3 is 2.46 bits per heavy atom. The van der Waals surface area contributed by atoms with Gasteiger partial charge in [-0.3, -0.25) is 16.5 Å². The molecule has 1 saturated carbocycles. The first kappa shape index (κ1) is 18.3. The first-order valence-corrected chi connectivity index (χ1v) is 8.47. The summed E-state index contributed by atoms with van der Waals surface area (Å²) in [7, 11) is 0. The number of carbonyl (C=O) groups is 1. The molecule has 1 aliphatic carbocycles. The lowest BCUT2D eigenvalue weighted by atomic mass is 10.1. The van der Waals surface area contributed by atoms with Crippen molar-refractivity contribution in [1.29, 1.82) is 0 Å². The highest BCUT2D eigenvalue weighted by atomic mass is 19.1. The summed E-state index contributed by atoms with van der Waals surface area (Å²) in [5.74, 6) is 6.24. The van der Waals surface area contributed by atoms with Crippen molar-refractivity contribution in [3.63, 3.8) is 0 Å². The van der Waals surface area contributed by atoms with Crippen LogP contribution in [0.4, 0.5) is 10.1 Å². The molecule has 26 heavy (non-hydrogen) atoms. The molecule has 2 fully saturated rings. The maximum atomic E-state index is 14.6. The lowest BCUT2D eigenvalue weighted by Gasteiger charge is -2.30. The predicted octanol–water partition coefficient (Wildman–Crippen LogP) is 0.402. The SMILES string of the molecule is NN.O=C(O)c1cn(C2CC2)c2cc(N3CCNCC3)c(F)cc2c1=O. The van der Waals surface area contributed by atoms with Gasteiger partial charge in [0.25, 0.3) is 0 Å². The van der Waals surface area contributed by atoms with Gasteiger partial charge >= 0.3 is 5.97 Å². The molecule has 0 spiro atoms. The highest BCUT2D eigenvalue weighted by molar-refractivity contribution is 5.93. The number of hydrogen-bond donors (Lipinski definition) is 4. The number of anilines is 1. The van der Waals surface area contributed by atoms with Gasteiger partial charge in [-0.1, -0.05) is 0 Å². The number of aromatic carboxylic acids is 1. The smallest absolute Gasteiger partial charge is 0.341 e. The Bertz CT molecular complexity index is 888. The monoisotopic (exact) mass is 363 g/mol. The third-order valence-corrected chi connectivity index (χ3v) is 4.73. The average molecular weight is 363 g/mol. The second-order valence-electron chi connectivity index (χ2n) is 6.37. The van der Waals surface area contributed by atoms with Crippen LogP contribution in [-0.2, 0) is 0 Å². The second-order valence-corrected chi connectivity index (χ2v) is 6.37. The summed E-state index contributed by atoms with van der Waals surface area (Å²) in [6.45, 7) is 2.96. The standard InChI is InChI=1S/C17H18FN3O3.H4N2/c18-13-7-11-14(8-15(13)20-5-3-19-4-6-20)21(10-1-2-10)9-12(16(11)22)17(23)24;1-2/h7-10,19H,1-6H2,(H,23,24);1-2H2. The zero-order chi connectivity index (χ0) is 18.8. The fraction of sp³-hybridized carbons (Fsp3) is 0.412. The molecule has 6 N–H and O–H groups in total. The normalized spacial score (nSPS) is 17.0. The molecule has 2 aromatic rings. The van der Waals surface area contributed by atoms with Crippen molar-refractivity contribution in [2.45, 2.75) is 18.9 Å². The van der Waals surface area contributed by atoms with Gasteiger partial charge < -0.3 is 19.9 Å². The van der Waals surface area contributed by atoms with Gasteiger partial charge in [0.05, 0.1) is 11.2 Å². The van der Waals surface area contributed by atoms with Crippen LogP contribution >= 0.6 is 0 Å². The molecule has 0 bridgehead atoms. The third-order valence-electron chi connectivity index (χ3n) is 4.73.